The molecule has 0 aliphatic carbocycles. The molecule has 1 saturated heterocycles. The van der Waals surface area contributed by atoms with Crippen LogP contribution in [0.4, 0.5) is 0 Å². The molecule has 6 heteroatoms. The van der Waals surface area contributed by atoms with Gasteiger partial charge in [0.05, 0.1) is 34.5 Å². The van der Waals surface area contributed by atoms with Gasteiger partial charge in [-0.2, -0.15) is 0 Å². The summed E-state index contributed by atoms with van der Waals surface area (Å²) in [6.07, 6.45) is 3.59. The maximum atomic E-state index is 14.0. The van der Waals surface area contributed by atoms with Crippen LogP contribution in [0.3, 0.4) is 0 Å². The molecule has 1 fully saturated rings. The fraction of sp³-hybridized carbons (Fsp3) is 0.280. The van der Waals surface area contributed by atoms with Crippen molar-refractivity contribution in [3.63, 3.8) is 0 Å². The van der Waals surface area contributed by atoms with Crippen LogP contribution >= 0.6 is 11.3 Å². The minimum Gasteiger partial charge on any atom is -0.467 e. The van der Waals surface area contributed by atoms with E-state index in [0.29, 0.717) is 12.1 Å². The Morgan fingerprint density at radius 2 is 2.00 bits per heavy atom. The second-order valence-electron chi connectivity index (χ2n) is 8.10. The number of pyridine rings is 1. The van der Waals surface area contributed by atoms with E-state index >= 15 is 0 Å². The van der Waals surface area contributed by atoms with Gasteiger partial charge in [-0.3, -0.25) is 4.79 Å². The summed E-state index contributed by atoms with van der Waals surface area (Å²) in [5.41, 5.74) is 2.40. The number of para-hydroxylation sites is 1. The number of rotatable bonds is 5. The third-order valence-electron chi connectivity index (χ3n) is 6.02. The summed E-state index contributed by atoms with van der Waals surface area (Å²) < 4.78 is 5.62. The number of carbonyl (C=O) groups is 1. The quantitative estimate of drug-likeness (QED) is 0.431. The third-order valence-corrected chi connectivity index (χ3v) is 6.91. The first-order valence-electron chi connectivity index (χ1n) is 10.6. The molecule has 0 saturated carbocycles. The van der Waals surface area contributed by atoms with E-state index in [2.05, 4.69) is 11.9 Å². The van der Waals surface area contributed by atoms with Crippen molar-refractivity contribution in [3.05, 3.63) is 77.6 Å². The first-order valence-corrected chi connectivity index (χ1v) is 11.5. The van der Waals surface area contributed by atoms with E-state index in [4.69, 9.17) is 9.40 Å². The van der Waals surface area contributed by atoms with Gasteiger partial charge in [0, 0.05) is 11.4 Å². The maximum absolute atomic E-state index is 14.0. The lowest BCUT2D eigenvalue weighted by Crippen LogP contribution is -2.46. The number of amides is 1. The highest BCUT2D eigenvalue weighted by molar-refractivity contribution is 7.13. The molecule has 5 rings (SSSR count). The highest BCUT2D eigenvalue weighted by atomic mass is 32.1. The van der Waals surface area contributed by atoms with E-state index in [9.17, 15) is 4.79 Å². The standard InChI is InChI=1S/C25H25N3O2S/c1-27-12-10-18(11-13-27)28(17-19-6-4-14-30-19)25(29)21-16-23(24-9-5-15-31-24)26-22-8-3-2-7-20(21)22/h2-9,14-16,18H,10-13,17H2,1H3. The Hall–Kier alpha value is -2.96. The lowest BCUT2D eigenvalue weighted by molar-refractivity contribution is 0.0552. The summed E-state index contributed by atoms with van der Waals surface area (Å²) in [5, 5.41) is 2.93. The zero-order valence-electron chi connectivity index (χ0n) is 17.5. The first kappa shape index (κ1) is 20.0. The molecule has 1 aliphatic rings. The molecular formula is C25H25N3O2S. The average Bonchev–Trinajstić information content (AvgIpc) is 3.51. The average molecular weight is 432 g/mol. The van der Waals surface area contributed by atoms with E-state index in [1.807, 2.05) is 64.9 Å². The van der Waals surface area contributed by atoms with E-state index in [0.717, 1.165) is 53.2 Å². The number of hydrogen-bond donors (Lipinski definition) is 0. The van der Waals surface area contributed by atoms with E-state index in [1.54, 1.807) is 17.6 Å². The zero-order chi connectivity index (χ0) is 21.2. The van der Waals surface area contributed by atoms with Gasteiger partial charge in [-0.15, -0.1) is 11.3 Å². The predicted molar refractivity (Wildman–Crippen MR) is 124 cm³/mol. The van der Waals surface area contributed by atoms with Crippen LogP contribution in [0.1, 0.15) is 29.0 Å². The molecule has 0 spiro atoms. The number of carbonyl (C=O) groups excluding carboxylic acids is 1. The summed E-state index contributed by atoms with van der Waals surface area (Å²) in [6.45, 7) is 2.46. The number of thiophene rings is 1. The van der Waals surface area contributed by atoms with E-state index in [1.165, 1.54) is 0 Å². The van der Waals surface area contributed by atoms with Gasteiger partial charge in [-0.25, -0.2) is 4.98 Å². The Morgan fingerprint density at radius 3 is 2.74 bits per heavy atom. The second-order valence-corrected chi connectivity index (χ2v) is 9.04. The number of piperidine rings is 1. The minimum atomic E-state index is 0.0439. The molecule has 4 aromatic rings. The number of nitrogens with zero attached hydrogens (tertiary/aromatic N) is 3. The van der Waals surface area contributed by atoms with Crippen LogP contribution in [-0.2, 0) is 6.54 Å². The number of furan rings is 1. The summed E-state index contributed by atoms with van der Waals surface area (Å²) in [5.74, 6) is 0.853. The molecule has 4 heterocycles. The number of benzene rings is 1. The fourth-order valence-electron chi connectivity index (χ4n) is 4.30. The monoisotopic (exact) mass is 431 g/mol. The van der Waals surface area contributed by atoms with Gasteiger partial charge < -0.3 is 14.2 Å². The predicted octanol–water partition coefficient (Wildman–Crippen LogP) is 5.29. The highest BCUT2D eigenvalue weighted by Crippen LogP contribution is 2.30. The van der Waals surface area contributed by atoms with Crippen molar-refractivity contribution in [1.82, 2.24) is 14.8 Å². The molecule has 1 aromatic carbocycles. The Labute approximate surface area is 185 Å². The zero-order valence-corrected chi connectivity index (χ0v) is 18.3. The Bertz CT molecular complexity index is 1160. The van der Waals surface area contributed by atoms with Gasteiger partial charge in [0.2, 0.25) is 0 Å². The van der Waals surface area contributed by atoms with Crippen molar-refractivity contribution in [1.29, 1.82) is 0 Å². The van der Waals surface area contributed by atoms with Gasteiger partial charge in [0.15, 0.2) is 0 Å². The molecule has 158 valence electrons. The van der Waals surface area contributed by atoms with Crippen molar-refractivity contribution in [2.75, 3.05) is 20.1 Å². The molecule has 0 radical (unpaired) electrons. The first-order chi connectivity index (χ1) is 15.2. The molecule has 1 aliphatic heterocycles. The minimum absolute atomic E-state index is 0.0439. The molecule has 0 N–H and O–H groups in total. The number of aromatic nitrogens is 1. The molecule has 0 unspecified atom stereocenters. The lowest BCUT2D eigenvalue weighted by atomic mass is 10.00. The van der Waals surface area contributed by atoms with Crippen LogP contribution < -0.4 is 0 Å². The molecule has 5 nitrogen and oxygen atoms in total. The Balaban J connectivity index is 1.58. The maximum Gasteiger partial charge on any atom is 0.255 e. The van der Waals surface area contributed by atoms with Crippen LogP contribution in [0.5, 0.6) is 0 Å². The van der Waals surface area contributed by atoms with Crippen LogP contribution in [0.25, 0.3) is 21.5 Å². The molecule has 1 amide bonds. The smallest absolute Gasteiger partial charge is 0.255 e. The third kappa shape index (κ3) is 4.13. The SMILES string of the molecule is CN1CCC(N(Cc2ccco2)C(=O)c2cc(-c3cccs3)nc3ccccc23)CC1. The lowest BCUT2D eigenvalue weighted by Gasteiger charge is -2.37. The summed E-state index contributed by atoms with van der Waals surface area (Å²) in [7, 11) is 2.14. The molecule has 0 bridgehead atoms. The van der Waals surface area contributed by atoms with Crippen LogP contribution in [-0.4, -0.2) is 46.9 Å². The van der Waals surface area contributed by atoms with Crippen LogP contribution in [0.2, 0.25) is 0 Å². The number of likely N-dealkylation sites (tertiary alicyclic amines) is 1. The summed E-state index contributed by atoms with van der Waals surface area (Å²) in [4.78, 5) is 24.3. The van der Waals surface area contributed by atoms with Crippen molar-refractivity contribution >= 4 is 28.1 Å². The van der Waals surface area contributed by atoms with Crippen molar-refractivity contribution in [3.8, 4) is 10.6 Å². The van der Waals surface area contributed by atoms with E-state index < -0.39 is 0 Å². The molecule has 31 heavy (non-hydrogen) atoms. The summed E-state index contributed by atoms with van der Waals surface area (Å²) in [6, 6.07) is 17.9. The Kier molecular flexibility index (Phi) is 5.57. The van der Waals surface area contributed by atoms with Gasteiger partial charge in [0.1, 0.15) is 5.76 Å². The van der Waals surface area contributed by atoms with Crippen molar-refractivity contribution in [2.45, 2.75) is 25.4 Å². The van der Waals surface area contributed by atoms with Crippen molar-refractivity contribution in [2.24, 2.45) is 0 Å². The Morgan fingerprint density at radius 1 is 1.16 bits per heavy atom. The normalized spacial score (nSPS) is 15.4. The van der Waals surface area contributed by atoms with Crippen LogP contribution in [0, 0.1) is 0 Å². The van der Waals surface area contributed by atoms with Crippen molar-refractivity contribution < 1.29 is 9.21 Å². The van der Waals surface area contributed by atoms with E-state index in [-0.39, 0.29) is 11.9 Å². The number of fused-ring (bicyclic) bond motifs is 1. The second kappa shape index (κ2) is 8.65. The van der Waals surface area contributed by atoms with Crippen LogP contribution in [0.15, 0.2) is 70.7 Å². The summed E-state index contributed by atoms with van der Waals surface area (Å²) >= 11 is 1.64. The molecule has 3 aromatic heterocycles. The molecule has 0 atom stereocenters. The highest BCUT2D eigenvalue weighted by Gasteiger charge is 2.30. The number of hydrogen-bond acceptors (Lipinski definition) is 5. The topological polar surface area (TPSA) is 49.6 Å². The van der Waals surface area contributed by atoms with Gasteiger partial charge in [0.25, 0.3) is 5.91 Å². The fourth-order valence-corrected chi connectivity index (χ4v) is 4.99. The molecular weight excluding hydrogens is 406 g/mol. The van der Waals surface area contributed by atoms with Gasteiger partial charge >= 0.3 is 0 Å². The van der Waals surface area contributed by atoms with Gasteiger partial charge in [-0.05, 0) is 68.7 Å². The van der Waals surface area contributed by atoms with Gasteiger partial charge in [-0.1, -0.05) is 24.3 Å². The largest absolute Gasteiger partial charge is 0.467 e.